The molecule has 0 radical (unpaired) electrons. The number of carboxylic acid groups (broad SMARTS) is 1. The second kappa shape index (κ2) is 10.9. The zero-order chi connectivity index (χ0) is 29.5. The molecule has 1 aliphatic carbocycles. The van der Waals surface area contributed by atoms with Crippen LogP contribution in [-0.4, -0.2) is 38.7 Å². The van der Waals surface area contributed by atoms with E-state index < -0.39 is 11.9 Å². The number of aromatic carboxylic acids is 1. The molecule has 1 aromatic carbocycles. The molecule has 0 spiro atoms. The number of hydrogen-bond acceptors (Lipinski definition) is 11. The number of hydrogen-bond donors (Lipinski definition) is 3. The Labute approximate surface area is 243 Å². The second-order valence-electron chi connectivity index (χ2n) is 10.5. The Kier molecular flexibility index (Phi) is 7.46. The number of aryl methyl sites for hydroxylation is 1. The van der Waals surface area contributed by atoms with Gasteiger partial charge in [0.25, 0.3) is 0 Å². The number of rotatable bonds is 7. The van der Waals surface area contributed by atoms with Crippen molar-refractivity contribution in [3.63, 3.8) is 0 Å². The molecule has 3 aromatic rings. The molecule has 41 heavy (non-hydrogen) atoms. The van der Waals surface area contributed by atoms with Crippen molar-refractivity contribution >= 4 is 51.6 Å². The number of Topliss-reactive ketones (excluding diaryl/α,β-unsaturated/α-hetero) is 1. The van der Waals surface area contributed by atoms with Gasteiger partial charge in [0.05, 0.1) is 28.9 Å². The molecule has 0 saturated heterocycles. The van der Waals surface area contributed by atoms with Crippen molar-refractivity contribution in [2.45, 2.75) is 43.9 Å². The van der Waals surface area contributed by atoms with Gasteiger partial charge in [-0.05, 0) is 55.2 Å². The van der Waals surface area contributed by atoms with Crippen LogP contribution in [0, 0.1) is 23.7 Å². The number of aromatic nitrogens is 2. The molecule has 0 bridgehead atoms. The molecule has 11 nitrogen and oxygen atoms in total. The minimum atomic E-state index is -1.05. The Morgan fingerprint density at radius 1 is 1.24 bits per heavy atom. The van der Waals surface area contributed by atoms with Crippen LogP contribution >= 0.6 is 23.1 Å². The van der Waals surface area contributed by atoms with Crippen LogP contribution in [-0.2, 0) is 9.59 Å². The molecule has 0 fully saturated rings. The number of nitrogens with two attached hydrogens (primary N) is 1. The number of carboxylic acids is 1. The van der Waals surface area contributed by atoms with Gasteiger partial charge < -0.3 is 20.6 Å². The van der Waals surface area contributed by atoms with Crippen LogP contribution in [0.2, 0.25) is 0 Å². The summed E-state index contributed by atoms with van der Waals surface area (Å²) in [5.74, 6) is -0.802. The highest BCUT2D eigenvalue weighted by Gasteiger charge is 2.46. The summed E-state index contributed by atoms with van der Waals surface area (Å²) in [5, 5.41) is 30.8. The first kappa shape index (κ1) is 28.1. The topological polar surface area (TPSA) is 175 Å². The Morgan fingerprint density at radius 3 is 2.61 bits per heavy atom. The monoisotopic (exact) mass is 590 g/mol. The van der Waals surface area contributed by atoms with E-state index in [9.17, 15) is 19.6 Å². The predicted octanol–water partition coefficient (Wildman–Crippen LogP) is 4.81. The highest BCUT2D eigenvalue weighted by Crippen LogP contribution is 2.51. The third-order valence-corrected chi connectivity index (χ3v) is 8.80. The molecule has 1 atom stereocenters. The third-order valence-electron chi connectivity index (χ3n) is 6.76. The lowest BCUT2D eigenvalue weighted by molar-refractivity contribution is -0.118. The van der Waals surface area contributed by atoms with Crippen molar-refractivity contribution in [3.05, 3.63) is 76.1 Å². The molecule has 5 rings (SSSR count). The average Bonchev–Trinajstić information content (AvgIpc) is 3.55. The van der Waals surface area contributed by atoms with E-state index in [4.69, 9.17) is 15.3 Å². The molecule has 13 heteroatoms. The maximum absolute atomic E-state index is 13.6. The summed E-state index contributed by atoms with van der Waals surface area (Å²) in [6.07, 6.45) is 0.842. The molecule has 4 N–H and O–H groups in total. The van der Waals surface area contributed by atoms with E-state index in [1.807, 2.05) is 13.8 Å². The van der Waals surface area contributed by atoms with Gasteiger partial charge in [-0.3, -0.25) is 14.5 Å². The van der Waals surface area contributed by atoms with E-state index in [1.54, 1.807) is 24.0 Å². The minimum absolute atomic E-state index is 0.0312. The molecule has 3 heterocycles. The highest BCUT2D eigenvalue weighted by molar-refractivity contribution is 8.01. The zero-order valence-electron chi connectivity index (χ0n) is 22.4. The summed E-state index contributed by atoms with van der Waals surface area (Å²) in [7, 11) is 0. The van der Waals surface area contributed by atoms with Crippen LogP contribution in [0.25, 0.3) is 0 Å². The molecular weight excluding hydrogens is 564 g/mol. The van der Waals surface area contributed by atoms with E-state index in [2.05, 4.69) is 21.6 Å². The fraction of sp³-hybridized carbons (Fsp3) is 0.286. The number of benzene rings is 1. The van der Waals surface area contributed by atoms with Gasteiger partial charge in [-0.1, -0.05) is 36.9 Å². The lowest BCUT2D eigenvalue weighted by Gasteiger charge is -2.42. The first-order valence-corrected chi connectivity index (χ1v) is 14.4. The van der Waals surface area contributed by atoms with Gasteiger partial charge >= 0.3 is 5.97 Å². The number of furan rings is 1. The van der Waals surface area contributed by atoms with Crippen molar-refractivity contribution < 1.29 is 23.9 Å². The van der Waals surface area contributed by atoms with Gasteiger partial charge in [0.2, 0.25) is 11.0 Å². The van der Waals surface area contributed by atoms with Gasteiger partial charge in [-0.2, -0.15) is 5.26 Å². The van der Waals surface area contributed by atoms with Crippen LogP contribution in [0.1, 0.15) is 54.5 Å². The SMILES string of the molecule is Cc1ccc(C2C(C#N)=C(N)N(c3nnc(SCC(=O)Nc4ccc(C(=O)O)cc4)s3)C3=C2C(=O)CC(C)(C)C3)o1. The molecule has 2 aliphatic rings. The predicted molar refractivity (Wildman–Crippen MR) is 153 cm³/mol. The van der Waals surface area contributed by atoms with E-state index in [-0.39, 0.29) is 39.8 Å². The summed E-state index contributed by atoms with van der Waals surface area (Å²) in [6.45, 7) is 5.82. The molecule has 210 valence electrons. The number of nitrogens with one attached hydrogen (secondary N) is 1. The fourth-order valence-electron chi connectivity index (χ4n) is 4.99. The van der Waals surface area contributed by atoms with E-state index in [0.717, 1.165) is 0 Å². The number of carbonyl (C=O) groups is 3. The maximum atomic E-state index is 13.6. The van der Waals surface area contributed by atoms with E-state index in [1.165, 1.54) is 47.4 Å². The lowest BCUT2D eigenvalue weighted by atomic mass is 9.69. The summed E-state index contributed by atoms with van der Waals surface area (Å²) < 4.78 is 6.37. The number of thioether (sulfide) groups is 1. The van der Waals surface area contributed by atoms with Crippen molar-refractivity contribution in [3.8, 4) is 6.07 Å². The second-order valence-corrected chi connectivity index (χ2v) is 12.7. The molecule has 1 amide bonds. The quantitative estimate of drug-likeness (QED) is 0.322. The largest absolute Gasteiger partial charge is 0.478 e. The number of amides is 1. The van der Waals surface area contributed by atoms with Gasteiger partial charge in [-0.15, -0.1) is 10.2 Å². The van der Waals surface area contributed by atoms with Crippen molar-refractivity contribution in [1.82, 2.24) is 10.2 Å². The first-order chi connectivity index (χ1) is 19.5. The van der Waals surface area contributed by atoms with Crippen molar-refractivity contribution in [1.29, 1.82) is 5.26 Å². The van der Waals surface area contributed by atoms with E-state index in [0.29, 0.717) is 50.8 Å². The van der Waals surface area contributed by atoms with Crippen LogP contribution in [0.4, 0.5) is 10.8 Å². The van der Waals surface area contributed by atoms with E-state index >= 15 is 0 Å². The number of nitrogens with zero attached hydrogens (tertiary/aromatic N) is 4. The first-order valence-electron chi connectivity index (χ1n) is 12.6. The number of nitriles is 1. The lowest BCUT2D eigenvalue weighted by Crippen LogP contribution is -2.42. The molecule has 2 aromatic heterocycles. The van der Waals surface area contributed by atoms with Crippen molar-refractivity contribution in [2.75, 3.05) is 16.0 Å². The van der Waals surface area contributed by atoms with Gasteiger partial charge in [0.1, 0.15) is 17.3 Å². The van der Waals surface area contributed by atoms with Crippen LogP contribution < -0.4 is 16.0 Å². The smallest absolute Gasteiger partial charge is 0.335 e. The summed E-state index contributed by atoms with van der Waals surface area (Å²) >= 11 is 2.37. The standard InChI is InChI=1S/C28H26N6O5S2/c1-14-4-9-20(39-14)22-17(12-29)24(30)34(18-10-28(2,3)11-19(35)23(18)22)26-32-33-27(41-26)40-13-21(36)31-16-7-5-15(6-8-16)25(37)38/h4-9,22H,10-11,13,30H2,1-3H3,(H,31,36)(H,37,38). The average molecular weight is 591 g/mol. The Morgan fingerprint density at radius 2 is 1.98 bits per heavy atom. The van der Waals surface area contributed by atoms with Crippen LogP contribution in [0.5, 0.6) is 0 Å². The highest BCUT2D eigenvalue weighted by atomic mass is 32.2. The van der Waals surface area contributed by atoms with Crippen LogP contribution in [0.3, 0.4) is 0 Å². The number of allylic oxidation sites excluding steroid dienone is 3. The van der Waals surface area contributed by atoms with Crippen molar-refractivity contribution in [2.24, 2.45) is 11.1 Å². The zero-order valence-corrected chi connectivity index (χ0v) is 24.1. The minimum Gasteiger partial charge on any atom is -0.478 e. The maximum Gasteiger partial charge on any atom is 0.335 e. The fourth-order valence-corrected chi connectivity index (χ4v) is 6.67. The Hall–Kier alpha value is -4.41. The van der Waals surface area contributed by atoms with Gasteiger partial charge in [0, 0.05) is 23.4 Å². The van der Waals surface area contributed by atoms with Crippen LogP contribution in [0.15, 0.2) is 67.8 Å². The number of anilines is 2. The number of carbonyl (C=O) groups excluding carboxylic acids is 2. The molecule has 1 aliphatic heterocycles. The summed E-state index contributed by atoms with van der Waals surface area (Å²) in [5.41, 5.74) is 8.20. The summed E-state index contributed by atoms with van der Waals surface area (Å²) in [4.78, 5) is 38.7. The molecular formula is C28H26N6O5S2. The number of ketones is 1. The Balaban J connectivity index is 1.41. The summed E-state index contributed by atoms with van der Waals surface area (Å²) in [6, 6.07) is 11.6. The van der Waals surface area contributed by atoms with Gasteiger partial charge in [-0.25, -0.2) is 4.79 Å². The molecule has 0 saturated carbocycles. The third kappa shape index (κ3) is 5.61. The Bertz CT molecular complexity index is 1660. The molecule has 1 unspecified atom stereocenters. The normalized spacial score (nSPS) is 18.2. The van der Waals surface area contributed by atoms with Gasteiger partial charge in [0.15, 0.2) is 10.1 Å².